The number of likely N-dealkylation sites (tertiary alicyclic amines) is 1. The lowest BCUT2D eigenvalue weighted by Gasteiger charge is -2.36. The van der Waals surface area contributed by atoms with E-state index in [4.69, 9.17) is 0 Å². The number of halogens is 1. The lowest BCUT2D eigenvalue weighted by molar-refractivity contribution is -0.131. The van der Waals surface area contributed by atoms with Gasteiger partial charge in [-0.25, -0.2) is 9.18 Å². The van der Waals surface area contributed by atoms with Crippen LogP contribution < -0.4 is 5.32 Å². The number of aryl methyl sites for hydroxylation is 1. The van der Waals surface area contributed by atoms with Crippen LogP contribution in [0.4, 0.5) is 9.18 Å². The standard InChI is InChI=1S/C27H33FN4O3/c1-20-11-12-22(18-23(20)28)26(34)30-14-16-31(17-15-30)27(35)29-24(21-8-4-2-5-9-21)19-32-13-7-3-6-10-25(32)33/h2,4-5,8-9,11-12,18,24H,3,6-7,10,13-17,19H2,1H3,(H,29,35). The molecule has 186 valence electrons. The molecule has 35 heavy (non-hydrogen) atoms. The molecule has 8 heteroatoms. The van der Waals surface area contributed by atoms with Crippen LogP contribution in [-0.2, 0) is 4.79 Å². The Morgan fingerprint density at radius 3 is 2.37 bits per heavy atom. The third-order valence-electron chi connectivity index (χ3n) is 6.85. The van der Waals surface area contributed by atoms with E-state index in [2.05, 4.69) is 5.32 Å². The highest BCUT2D eigenvalue weighted by Gasteiger charge is 2.28. The fraction of sp³-hybridized carbons (Fsp3) is 0.444. The van der Waals surface area contributed by atoms with Crippen molar-refractivity contribution in [3.63, 3.8) is 0 Å². The quantitative estimate of drug-likeness (QED) is 0.709. The molecule has 4 amide bonds. The molecule has 2 aromatic rings. The Balaban J connectivity index is 1.38. The molecule has 1 N–H and O–H groups in total. The molecule has 2 aliphatic heterocycles. The molecule has 2 aromatic carbocycles. The summed E-state index contributed by atoms with van der Waals surface area (Å²) < 4.78 is 13.9. The van der Waals surface area contributed by atoms with Crippen molar-refractivity contribution in [3.8, 4) is 0 Å². The summed E-state index contributed by atoms with van der Waals surface area (Å²) in [5.41, 5.74) is 1.77. The zero-order chi connectivity index (χ0) is 24.8. The first kappa shape index (κ1) is 24.7. The molecule has 0 spiro atoms. The summed E-state index contributed by atoms with van der Waals surface area (Å²) in [7, 11) is 0. The summed E-state index contributed by atoms with van der Waals surface area (Å²) >= 11 is 0. The number of hydrogen-bond acceptors (Lipinski definition) is 3. The topological polar surface area (TPSA) is 73.0 Å². The summed E-state index contributed by atoms with van der Waals surface area (Å²) in [6.45, 7) is 4.33. The zero-order valence-electron chi connectivity index (χ0n) is 20.2. The lowest BCUT2D eigenvalue weighted by atomic mass is 10.1. The number of benzene rings is 2. The molecule has 0 radical (unpaired) electrons. The molecule has 0 saturated carbocycles. The van der Waals surface area contributed by atoms with Gasteiger partial charge in [-0.1, -0.05) is 42.8 Å². The molecule has 2 saturated heterocycles. The second-order valence-corrected chi connectivity index (χ2v) is 9.31. The average Bonchev–Trinajstić information content (AvgIpc) is 3.09. The summed E-state index contributed by atoms with van der Waals surface area (Å²) in [6, 6.07) is 13.7. The van der Waals surface area contributed by atoms with Crippen LogP contribution >= 0.6 is 0 Å². The highest BCUT2D eigenvalue weighted by atomic mass is 19.1. The minimum absolute atomic E-state index is 0.136. The van der Waals surface area contributed by atoms with Gasteiger partial charge in [0.1, 0.15) is 5.82 Å². The minimum Gasteiger partial charge on any atom is -0.340 e. The predicted octanol–water partition coefficient (Wildman–Crippen LogP) is 3.75. The van der Waals surface area contributed by atoms with Gasteiger partial charge in [0, 0.05) is 51.3 Å². The fourth-order valence-electron chi connectivity index (χ4n) is 4.63. The van der Waals surface area contributed by atoms with E-state index >= 15 is 0 Å². The van der Waals surface area contributed by atoms with Gasteiger partial charge in [-0.05, 0) is 43.0 Å². The molecule has 1 atom stereocenters. The Bertz CT molecular complexity index is 1050. The Hall–Kier alpha value is -3.42. The minimum atomic E-state index is -0.399. The number of carbonyl (C=O) groups excluding carboxylic acids is 3. The maximum absolute atomic E-state index is 13.9. The summed E-state index contributed by atoms with van der Waals surface area (Å²) in [6.07, 6.45) is 3.48. The van der Waals surface area contributed by atoms with Crippen molar-refractivity contribution < 1.29 is 18.8 Å². The van der Waals surface area contributed by atoms with Crippen molar-refractivity contribution in [1.82, 2.24) is 20.0 Å². The van der Waals surface area contributed by atoms with E-state index in [9.17, 15) is 18.8 Å². The first-order valence-electron chi connectivity index (χ1n) is 12.4. The van der Waals surface area contributed by atoms with Gasteiger partial charge in [-0.2, -0.15) is 0 Å². The van der Waals surface area contributed by atoms with Crippen molar-refractivity contribution in [2.45, 2.75) is 38.6 Å². The van der Waals surface area contributed by atoms with Crippen LogP contribution in [-0.4, -0.2) is 71.8 Å². The molecule has 1 unspecified atom stereocenters. The Labute approximate surface area is 205 Å². The van der Waals surface area contributed by atoms with E-state index in [1.165, 1.54) is 6.07 Å². The molecule has 2 fully saturated rings. The van der Waals surface area contributed by atoms with Gasteiger partial charge in [0.25, 0.3) is 5.91 Å². The number of nitrogens with zero attached hydrogens (tertiary/aromatic N) is 3. The van der Waals surface area contributed by atoms with E-state index in [0.717, 1.165) is 24.8 Å². The fourth-order valence-corrected chi connectivity index (χ4v) is 4.63. The number of rotatable bonds is 5. The van der Waals surface area contributed by atoms with Crippen LogP contribution in [0.3, 0.4) is 0 Å². The highest BCUT2D eigenvalue weighted by molar-refractivity contribution is 5.94. The number of carbonyl (C=O) groups is 3. The summed E-state index contributed by atoms with van der Waals surface area (Å²) in [5.74, 6) is -0.494. The SMILES string of the molecule is Cc1ccc(C(=O)N2CCN(C(=O)NC(CN3CCCCCC3=O)c3ccccc3)CC2)cc1F. The number of urea groups is 1. The molecule has 0 aliphatic carbocycles. The van der Waals surface area contributed by atoms with Crippen LogP contribution in [0.15, 0.2) is 48.5 Å². The lowest BCUT2D eigenvalue weighted by Crippen LogP contribution is -2.54. The maximum atomic E-state index is 13.9. The van der Waals surface area contributed by atoms with Gasteiger partial charge >= 0.3 is 6.03 Å². The molecular weight excluding hydrogens is 447 g/mol. The largest absolute Gasteiger partial charge is 0.340 e. The third-order valence-corrected chi connectivity index (χ3v) is 6.85. The van der Waals surface area contributed by atoms with E-state index in [-0.39, 0.29) is 23.9 Å². The van der Waals surface area contributed by atoms with Gasteiger partial charge < -0.3 is 20.0 Å². The first-order chi connectivity index (χ1) is 16.9. The Morgan fingerprint density at radius 1 is 0.943 bits per heavy atom. The smallest absolute Gasteiger partial charge is 0.318 e. The van der Waals surface area contributed by atoms with Crippen LogP contribution in [0.5, 0.6) is 0 Å². The van der Waals surface area contributed by atoms with E-state index in [0.29, 0.717) is 56.8 Å². The molecule has 0 bridgehead atoms. The van der Waals surface area contributed by atoms with Gasteiger partial charge in [-0.15, -0.1) is 0 Å². The number of hydrogen-bond donors (Lipinski definition) is 1. The van der Waals surface area contributed by atoms with Crippen molar-refractivity contribution >= 4 is 17.8 Å². The molecule has 7 nitrogen and oxygen atoms in total. The summed E-state index contributed by atoms with van der Waals surface area (Å²) in [5, 5.41) is 3.12. The van der Waals surface area contributed by atoms with E-state index in [1.54, 1.807) is 28.9 Å². The van der Waals surface area contributed by atoms with Gasteiger partial charge in [0.2, 0.25) is 5.91 Å². The predicted molar refractivity (Wildman–Crippen MR) is 131 cm³/mol. The van der Waals surface area contributed by atoms with Crippen molar-refractivity contribution in [3.05, 3.63) is 71.0 Å². The number of amides is 4. The van der Waals surface area contributed by atoms with E-state index in [1.807, 2.05) is 35.2 Å². The molecule has 2 heterocycles. The van der Waals surface area contributed by atoms with E-state index < -0.39 is 5.82 Å². The third kappa shape index (κ3) is 6.18. The van der Waals surface area contributed by atoms with Gasteiger partial charge in [0.15, 0.2) is 0 Å². The monoisotopic (exact) mass is 480 g/mol. The second kappa shape index (κ2) is 11.3. The zero-order valence-corrected chi connectivity index (χ0v) is 20.2. The Kier molecular flexibility index (Phi) is 8.00. The van der Waals surface area contributed by atoms with Crippen LogP contribution in [0.1, 0.15) is 53.2 Å². The molecule has 4 rings (SSSR count). The number of piperazine rings is 1. The molecule has 2 aliphatic rings. The van der Waals surface area contributed by atoms with Gasteiger partial charge in [0.05, 0.1) is 6.04 Å². The summed E-state index contributed by atoms with van der Waals surface area (Å²) in [4.78, 5) is 43.7. The second-order valence-electron chi connectivity index (χ2n) is 9.31. The van der Waals surface area contributed by atoms with Crippen molar-refractivity contribution in [2.75, 3.05) is 39.3 Å². The van der Waals surface area contributed by atoms with Crippen molar-refractivity contribution in [1.29, 1.82) is 0 Å². The average molecular weight is 481 g/mol. The number of nitrogens with one attached hydrogen (secondary N) is 1. The van der Waals surface area contributed by atoms with Crippen LogP contribution in [0, 0.1) is 12.7 Å². The van der Waals surface area contributed by atoms with Crippen molar-refractivity contribution in [2.24, 2.45) is 0 Å². The first-order valence-corrected chi connectivity index (χ1v) is 12.4. The van der Waals surface area contributed by atoms with Gasteiger partial charge in [-0.3, -0.25) is 9.59 Å². The van der Waals surface area contributed by atoms with Crippen LogP contribution in [0.2, 0.25) is 0 Å². The van der Waals surface area contributed by atoms with Crippen LogP contribution in [0.25, 0.3) is 0 Å². The molecular formula is C27H33FN4O3. The normalized spacial score (nSPS) is 17.7. The Morgan fingerprint density at radius 2 is 1.66 bits per heavy atom. The maximum Gasteiger partial charge on any atom is 0.318 e. The molecule has 0 aromatic heterocycles. The highest BCUT2D eigenvalue weighted by Crippen LogP contribution is 2.19.